The van der Waals surface area contributed by atoms with Crippen molar-refractivity contribution in [1.82, 2.24) is 0 Å². The number of halogens is 1. The molecule has 1 aromatic rings. The first-order valence-corrected chi connectivity index (χ1v) is 5.09. The second kappa shape index (κ2) is 5.09. The summed E-state index contributed by atoms with van der Waals surface area (Å²) in [7, 11) is 0. The van der Waals surface area contributed by atoms with E-state index in [0.717, 1.165) is 0 Å². The van der Waals surface area contributed by atoms with E-state index in [1.165, 1.54) is 18.2 Å². The highest BCUT2D eigenvalue weighted by molar-refractivity contribution is 6.31. The summed E-state index contributed by atoms with van der Waals surface area (Å²) in [6.45, 7) is 3.54. The lowest BCUT2D eigenvalue weighted by Gasteiger charge is -2.06. The van der Waals surface area contributed by atoms with Gasteiger partial charge in [-0.3, -0.25) is 4.79 Å². The van der Waals surface area contributed by atoms with Gasteiger partial charge in [0.25, 0.3) is 0 Å². The molecule has 0 aromatic heterocycles. The molecule has 0 aliphatic carbocycles. The summed E-state index contributed by atoms with van der Waals surface area (Å²) < 4.78 is 0. The SMILES string of the molecule is CC(C)C(=O)c1cc(Cl)cc(C(=O)ON)c1. The number of rotatable bonds is 3. The summed E-state index contributed by atoms with van der Waals surface area (Å²) in [4.78, 5) is 27.0. The topological polar surface area (TPSA) is 69.4 Å². The molecule has 0 spiro atoms. The molecule has 0 atom stereocenters. The summed E-state index contributed by atoms with van der Waals surface area (Å²) in [6.07, 6.45) is 0. The molecule has 0 aliphatic heterocycles. The highest BCUT2D eigenvalue weighted by Crippen LogP contribution is 2.18. The van der Waals surface area contributed by atoms with E-state index in [1.54, 1.807) is 13.8 Å². The van der Waals surface area contributed by atoms with Crippen molar-refractivity contribution in [2.45, 2.75) is 13.8 Å². The zero-order chi connectivity index (χ0) is 12.3. The Labute approximate surface area is 98.3 Å². The maximum Gasteiger partial charge on any atom is 0.356 e. The lowest BCUT2D eigenvalue weighted by molar-refractivity contribution is 0.0503. The summed E-state index contributed by atoms with van der Waals surface area (Å²) in [5.41, 5.74) is 0.543. The van der Waals surface area contributed by atoms with Crippen LogP contribution in [0.25, 0.3) is 0 Å². The third kappa shape index (κ3) is 2.81. The van der Waals surface area contributed by atoms with Crippen LogP contribution in [0.4, 0.5) is 0 Å². The van der Waals surface area contributed by atoms with Crippen LogP contribution >= 0.6 is 11.6 Å². The van der Waals surface area contributed by atoms with Crippen molar-refractivity contribution in [3.63, 3.8) is 0 Å². The van der Waals surface area contributed by atoms with Crippen molar-refractivity contribution in [3.05, 3.63) is 34.3 Å². The minimum atomic E-state index is -0.722. The van der Waals surface area contributed by atoms with E-state index < -0.39 is 5.97 Å². The monoisotopic (exact) mass is 241 g/mol. The van der Waals surface area contributed by atoms with Crippen LogP contribution in [0.2, 0.25) is 5.02 Å². The van der Waals surface area contributed by atoms with Gasteiger partial charge >= 0.3 is 5.97 Å². The Bertz CT molecular complexity index is 429. The molecule has 4 nitrogen and oxygen atoms in total. The van der Waals surface area contributed by atoms with Crippen LogP contribution in [0.1, 0.15) is 34.6 Å². The number of benzene rings is 1. The lowest BCUT2D eigenvalue weighted by Crippen LogP contribution is -2.13. The van der Waals surface area contributed by atoms with Crippen molar-refractivity contribution in [2.24, 2.45) is 11.8 Å². The van der Waals surface area contributed by atoms with Crippen LogP contribution in [0.15, 0.2) is 18.2 Å². The van der Waals surface area contributed by atoms with E-state index in [0.29, 0.717) is 10.6 Å². The van der Waals surface area contributed by atoms with Crippen molar-refractivity contribution >= 4 is 23.4 Å². The first-order chi connectivity index (χ1) is 7.45. The minimum absolute atomic E-state index is 0.0893. The summed E-state index contributed by atoms with van der Waals surface area (Å²) in [6, 6.07) is 4.33. The normalized spacial score (nSPS) is 10.3. The highest BCUT2D eigenvalue weighted by Gasteiger charge is 2.15. The first kappa shape index (κ1) is 12.7. The fourth-order valence-corrected chi connectivity index (χ4v) is 1.49. The fraction of sp³-hybridized carbons (Fsp3) is 0.273. The molecule has 0 saturated heterocycles. The van der Waals surface area contributed by atoms with E-state index >= 15 is 0 Å². The van der Waals surface area contributed by atoms with E-state index in [9.17, 15) is 9.59 Å². The smallest absolute Gasteiger partial charge is 0.356 e. The Hall–Kier alpha value is -1.39. The van der Waals surface area contributed by atoms with Gasteiger partial charge in [-0.05, 0) is 18.2 Å². The van der Waals surface area contributed by atoms with Crippen LogP contribution in [0.5, 0.6) is 0 Å². The third-order valence-electron chi connectivity index (χ3n) is 2.05. The Balaban J connectivity index is 3.18. The number of ketones is 1. The molecule has 1 aromatic carbocycles. The zero-order valence-electron chi connectivity index (χ0n) is 8.99. The van der Waals surface area contributed by atoms with Gasteiger partial charge in [0.15, 0.2) is 5.78 Å². The predicted molar refractivity (Wildman–Crippen MR) is 60.2 cm³/mol. The van der Waals surface area contributed by atoms with Crippen molar-refractivity contribution in [3.8, 4) is 0 Å². The third-order valence-corrected chi connectivity index (χ3v) is 2.27. The number of hydrogen-bond acceptors (Lipinski definition) is 4. The van der Waals surface area contributed by atoms with E-state index in [1.807, 2.05) is 0 Å². The van der Waals surface area contributed by atoms with Gasteiger partial charge in [-0.25, -0.2) is 4.79 Å². The molecule has 86 valence electrons. The molecule has 0 bridgehead atoms. The molecule has 0 fully saturated rings. The minimum Gasteiger partial charge on any atom is -0.370 e. The predicted octanol–water partition coefficient (Wildman–Crippen LogP) is 2.21. The average Bonchev–Trinajstić information content (AvgIpc) is 2.25. The molecule has 0 radical (unpaired) electrons. The fourth-order valence-electron chi connectivity index (χ4n) is 1.25. The average molecular weight is 242 g/mol. The van der Waals surface area contributed by atoms with Crippen LogP contribution in [-0.4, -0.2) is 11.8 Å². The number of carbonyl (C=O) groups excluding carboxylic acids is 2. The summed E-state index contributed by atoms with van der Waals surface area (Å²) in [5.74, 6) is 3.78. The molecule has 0 unspecified atom stereocenters. The number of nitrogens with two attached hydrogens (primary N) is 1. The van der Waals surface area contributed by atoms with Crippen molar-refractivity contribution in [2.75, 3.05) is 0 Å². The Kier molecular flexibility index (Phi) is 4.04. The quantitative estimate of drug-likeness (QED) is 0.651. The first-order valence-electron chi connectivity index (χ1n) is 4.71. The molecule has 0 heterocycles. The molecule has 0 amide bonds. The molecule has 0 saturated carbocycles. The molecular weight excluding hydrogens is 230 g/mol. The van der Waals surface area contributed by atoms with Crippen LogP contribution in [0, 0.1) is 5.92 Å². The Morgan fingerprint density at radius 1 is 1.25 bits per heavy atom. The number of hydrogen-bond donors (Lipinski definition) is 1. The van der Waals surface area contributed by atoms with Gasteiger partial charge in [0.2, 0.25) is 0 Å². The number of carbonyl (C=O) groups is 2. The largest absolute Gasteiger partial charge is 0.370 e. The van der Waals surface area contributed by atoms with Crippen LogP contribution < -0.4 is 5.90 Å². The van der Waals surface area contributed by atoms with Gasteiger partial charge in [-0.15, -0.1) is 0 Å². The second-order valence-corrected chi connectivity index (χ2v) is 4.09. The van der Waals surface area contributed by atoms with E-state index in [2.05, 4.69) is 4.84 Å². The number of Topliss-reactive ketones (excluding diaryl/α,β-unsaturated/α-hetero) is 1. The summed E-state index contributed by atoms with van der Waals surface area (Å²) >= 11 is 5.80. The van der Waals surface area contributed by atoms with Crippen molar-refractivity contribution < 1.29 is 14.4 Å². The Morgan fingerprint density at radius 2 is 1.81 bits per heavy atom. The molecule has 2 N–H and O–H groups in total. The van der Waals surface area contributed by atoms with Gasteiger partial charge in [-0.2, -0.15) is 5.90 Å². The molecule has 16 heavy (non-hydrogen) atoms. The highest BCUT2D eigenvalue weighted by atomic mass is 35.5. The zero-order valence-corrected chi connectivity index (χ0v) is 9.75. The van der Waals surface area contributed by atoms with E-state index in [-0.39, 0.29) is 17.3 Å². The molecule has 0 aliphatic rings. The van der Waals surface area contributed by atoms with Crippen LogP contribution in [-0.2, 0) is 4.84 Å². The van der Waals surface area contributed by atoms with Gasteiger partial charge in [0.05, 0.1) is 5.56 Å². The summed E-state index contributed by atoms with van der Waals surface area (Å²) in [5, 5.41) is 0.298. The van der Waals surface area contributed by atoms with Crippen LogP contribution in [0.3, 0.4) is 0 Å². The van der Waals surface area contributed by atoms with Crippen molar-refractivity contribution in [1.29, 1.82) is 0 Å². The van der Waals surface area contributed by atoms with Gasteiger partial charge in [0, 0.05) is 16.5 Å². The molecular formula is C11H12ClNO3. The van der Waals surface area contributed by atoms with Gasteiger partial charge in [0.1, 0.15) is 0 Å². The molecule has 1 rings (SSSR count). The van der Waals surface area contributed by atoms with E-state index in [4.69, 9.17) is 17.5 Å². The lowest BCUT2D eigenvalue weighted by atomic mass is 9.99. The second-order valence-electron chi connectivity index (χ2n) is 3.65. The maximum absolute atomic E-state index is 11.7. The van der Waals surface area contributed by atoms with Gasteiger partial charge in [-0.1, -0.05) is 25.4 Å². The molecule has 5 heteroatoms. The standard InChI is InChI=1S/C11H12ClNO3/c1-6(2)10(14)7-3-8(11(15)16-13)5-9(12)4-7/h3-6H,13H2,1-2H3. The van der Waals surface area contributed by atoms with Gasteiger partial charge < -0.3 is 4.84 Å². The maximum atomic E-state index is 11.7. The Morgan fingerprint density at radius 3 is 2.31 bits per heavy atom.